The fourth-order valence-electron chi connectivity index (χ4n) is 1.52. The lowest BCUT2D eigenvalue weighted by Gasteiger charge is -1.99. The molecule has 1 aromatic heterocycles. The maximum atomic E-state index is 11.1. The summed E-state index contributed by atoms with van der Waals surface area (Å²) in [4.78, 5) is 11.1. The SMILES string of the molecule is Cc1coc(-c2ccc(Cl)cc2)c1C(=O)O. The minimum Gasteiger partial charge on any atom is -0.478 e. The van der Waals surface area contributed by atoms with E-state index in [1.165, 1.54) is 6.26 Å². The smallest absolute Gasteiger partial charge is 0.339 e. The van der Waals surface area contributed by atoms with Gasteiger partial charge in [0.2, 0.25) is 0 Å². The number of hydrogen-bond acceptors (Lipinski definition) is 2. The molecular weight excluding hydrogens is 228 g/mol. The molecule has 0 aliphatic rings. The molecule has 0 bridgehead atoms. The van der Waals surface area contributed by atoms with Gasteiger partial charge in [0.15, 0.2) is 0 Å². The van der Waals surface area contributed by atoms with Crippen LogP contribution >= 0.6 is 11.6 Å². The highest BCUT2D eigenvalue weighted by Gasteiger charge is 2.18. The monoisotopic (exact) mass is 236 g/mol. The zero-order valence-corrected chi connectivity index (χ0v) is 9.28. The summed E-state index contributed by atoms with van der Waals surface area (Å²) in [7, 11) is 0. The fourth-order valence-corrected chi connectivity index (χ4v) is 1.65. The van der Waals surface area contributed by atoms with Crippen LogP contribution in [0.3, 0.4) is 0 Å². The molecule has 1 aromatic carbocycles. The van der Waals surface area contributed by atoms with Gasteiger partial charge in [-0.05, 0) is 31.2 Å². The minimum atomic E-state index is -0.990. The van der Waals surface area contributed by atoms with Gasteiger partial charge in [-0.25, -0.2) is 4.79 Å². The van der Waals surface area contributed by atoms with Crippen molar-refractivity contribution in [2.45, 2.75) is 6.92 Å². The lowest BCUT2D eigenvalue weighted by Crippen LogP contribution is -1.98. The standard InChI is InChI=1S/C12H9ClO3/c1-7-6-16-11(10(7)12(14)15)8-2-4-9(13)5-3-8/h2-6H,1H3,(H,14,15). The predicted octanol–water partition coefficient (Wildman–Crippen LogP) is 3.61. The summed E-state index contributed by atoms with van der Waals surface area (Å²) in [6.07, 6.45) is 1.44. The Hall–Kier alpha value is -1.74. The average molecular weight is 237 g/mol. The van der Waals surface area contributed by atoms with Gasteiger partial charge in [-0.15, -0.1) is 0 Å². The van der Waals surface area contributed by atoms with Gasteiger partial charge < -0.3 is 9.52 Å². The molecule has 0 spiro atoms. The number of aryl methyl sites for hydroxylation is 1. The maximum absolute atomic E-state index is 11.1. The molecule has 0 unspecified atom stereocenters. The minimum absolute atomic E-state index is 0.197. The first-order chi connectivity index (χ1) is 7.59. The van der Waals surface area contributed by atoms with Crippen molar-refractivity contribution in [2.75, 3.05) is 0 Å². The second-order valence-corrected chi connectivity index (χ2v) is 3.87. The number of rotatable bonds is 2. The molecule has 0 amide bonds. The van der Waals surface area contributed by atoms with E-state index < -0.39 is 5.97 Å². The van der Waals surface area contributed by atoms with E-state index in [2.05, 4.69) is 0 Å². The van der Waals surface area contributed by atoms with E-state index in [1.807, 2.05) is 0 Å². The Bertz CT molecular complexity index is 526. The number of benzene rings is 1. The van der Waals surface area contributed by atoms with Crippen LogP contribution < -0.4 is 0 Å². The number of carboxylic acid groups (broad SMARTS) is 1. The topological polar surface area (TPSA) is 50.4 Å². The number of aromatic carboxylic acids is 1. The highest BCUT2D eigenvalue weighted by molar-refractivity contribution is 6.30. The third kappa shape index (κ3) is 1.82. The maximum Gasteiger partial charge on any atom is 0.339 e. The zero-order chi connectivity index (χ0) is 11.7. The van der Waals surface area contributed by atoms with Gasteiger partial charge in [-0.2, -0.15) is 0 Å². The van der Waals surface area contributed by atoms with E-state index in [-0.39, 0.29) is 5.56 Å². The average Bonchev–Trinajstić information content (AvgIpc) is 2.61. The van der Waals surface area contributed by atoms with Gasteiger partial charge in [0.1, 0.15) is 11.3 Å². The molecule has 0 radical (unpaired) electrons. The van der Waals surface area contributed by atoms with Gasteiger partial charge in [0, 0.05) is 16.1 Å². The molecule has 0 fully saturated rings. The molecule has 16 heavy (non-hydrogen) atoms. The second kappa shape index (κ2) is 4.02. The van der Waals surface area contributed by atoms with Crippen LogP contribution in [-0.2, 0) is 0 Å². The molecule has 4 heteroatoms. The lowest BCUT2D eigenvalue weighted by molar-refractivity contribution is 0.0696. The van der Waals surface area contributed by atoms with Crippen molar-refractivity contribution >= 4 is 17.6 Å². The van der Waals surface area contributed by atoms with Gasteiger partial charge in [-0.3, -0.25) is 0 Å². The van der Waals surface area contributed by atoms with E-state index in [0.717, 1.165) is 0 Å². The molecule has 1 heterocycles. The van der Waals surface area contributed by atoms with E-state index in [1.54, 1.807) is 31.2 Å². The largest absolute Gasteiger partial charge is 0.478 e. The van der Waals surface area contributed by atoms with Crippen molar-refractivity contribution in [3.05, 3.63) is 46.7 Å². The van der Waals surface area contributed by atoms with Crippen LogP contribution in [0.5, 0.6) is 0 Å². The van der Waals surface area contributed by atoms with Crippen LogP contribution in [0.1, 0.15) is 15.9 Å². The number of carbonyl (C=O) groups is 1. The molecule has 2 aromatic rings. The lowest BCUT2D eigenvalue weighted by atomic mass is 10.1. The Balaban J connectivity index is 2.56. The first-order valence-electron chi connectivity index (χ1n) is 4.67. The summed E-state index contributed by atoms with van der Waals surface area (Å²) in [5.41, 5.74) is 1.51. The van der Waals surface area contributed by atoms with Crippen LogP contribution in [0.2, 0.25) is 5.02 Å². The van der Waals surface area contributed by atoms with E-state index in [4.69, 9.17) is 21.1 Å². The summed E-state index contributed by atoms with van der Waals surface area (Å²) < 4.78 is 5.26. The quantitative estimate of drug-likeness (QED) is 0.867. The van der Waals surface area contributed by atoms with Crippen LogP contribution in [0.15, 0.2) is 34.9 Å². The number of hydrogen-bond donors (Lipinski definition) is 1. The first-order valence-corrected chi connectivity index (χ1v) is 5.04. The molecule has 3 nitrogen and oxygen atoms in total. The Morgan fingerprint density at radius 1 is 1.31 bits per heavy atom. The molecule has 0 aliphatic heterocycles. The number of halogens is 1. The van der Waals surface area contributed by atoms with E-state index in [0.29, 0.717) is 21.9 Å². The molecule has 0 saturated carbocycles. The van der Waals surface area contributed by atoms with Crippen LogP contribution in [0, 0.1) is 6.92 Å². The highest BCUT2D eigenvalue weighted by atomic mass is 35.5. The predicted molar refractivity (Wildman–Crippen MR) is 60.9 cm³/mol. The van der Waals surface area contributed by atoms with E-state index in [9.17, 15) is 4.79 Å². The van der Waals surface area contributed by atoms with Crippen molar-refractivity contribution in [3.8, 4) is 11.3 Å². The molecule has 0 aliphatic carbocycles. The van der Waals surface area contributed by atoms with Crippen molar-refractivity contribution < 1.29 is 14.3 Å². The first kappa shape index (κ1) is 10.8. The Morgan fingerprint density at radius 2 is 1.94 bits per heavy atom. The van der Waals surface area contributed by atoms with Crippen LogP contribution in [0.4, 0.5) is 0 Å². The van der Waals surface area contributed by atoms with Gasteiger partial charge in [0.25, 0.3) is 0 Å². The third-order valence-electron chi connectivity index (χ3n) is 2.30. The fraction of sp³-hybridized carbons (Fsp3) is 0.0833. The van der Waals surface area contributed by atoms with Crippen molar-refractivity contribution in [2.24, 2.45) is 0 Å². The van der Waals surface area contributed by atoms with Crippen molar-refractivity contribution in [1.82, 2.24) is 0 Å². The summed E-state index contributed by atoms with van der Waals surface area (Å²) in [5, 5.41) is 9.67. The Kier molecular flexibility index (Phi) is 2.71. The van der Waals surface area contributed by atoms with Crippen LogP contribution in [0.25, 0.3) is 11.3 Å². The Labute approximate surface area is 97.3 Å². The summed E-state index contributed by atoms with van der Waals surface area (Å²) in [6.45, 7) is 1.70. The molecule has 2 rings (SSSR count). The van der Waals surface area contributed by atoms with E-state index >= 15 is 0 Å². The molecule has 82 valence electrons. The number of furan rings is 1. The summed E-state index contributed by atoms with van der Waals surface area (Å²) >= 11 is 5.76. The van der Waals surface area contributed by atoms with Gasteiger partial charge >= 0.3 is 5.97 Å². The number of carboxylic acids is 1. The van der Waals surface area contributed by atoms with Crippen molar-refractivity contribution in [1.29, 1.82) is 0 Å². The zero-order valence-electron chi connectivity index (χ0n) is 8.53. The summed E-state index contributed by atoms with van der Waals surface area (Å²) in [6, 6.07) is 6.85. The van der Waals surface area contributed by atoms with Crippen molar-refractivity contribution in [3.63, 3.8) is 0 Å². The molecule has 1 N–H and O–H groups in total. The second-order valence-electron chi connectivity index (χ2n) is 3.43. The normalized spacial score (nSPS) is 10.4. The Morgan fingerprint density at radius 3 is 2.50 bits per heavy atom. The van der Waals surface area contributed by atoms with Gasteiger partial charge in [0.05, 0.1) is 6.26 Å². The molecule has 0 saturated heterocycles. The van der Waals surface area contributed by atoms with Crippen LogP contribution in [-0.4, -0.2) is 11.1 Å². The summed E-state index contributed by atoms with van der Waals surface area (Å²) in [5.74, 6) is -0.627. The highest BCUT2D eigenvalue weighted by Crippen LogP contribution is 2.28. The third-order valence-corrected chi connectivity index (χ3v) is 2.55. The molecular formula is C12H9ClO3. The molecule has 0 atom stereocenters. The van der Waals surface area contributed by atoms with Gasteiger partial charge in [-0.1, -0.05) is 11.6 Å².